The number of ether oxygens (including phenoxy) is 2. The van der Waals surface area contributed by atoms with Crippen molar-refractivity contribution in [2.45, 2.75) is 13.5 Å². The number of rotatable bonds is 7. The maximum Gasteiger partial charge on any atom is 0.244 e. The smallest absolute Gasteiger partial charge is 0.244 e. The van der Waals surface area contributed by atoms with Gasteiger partial charge in [0.25, 0.3) is 0 Å². The summed E-state index contributed by atoms with van der Waals surface area (Å²) < 4.78 is 12.1. The number of pyridine rings is 2. The average molecular weight is 492 g/mol. The van der Waals surface area contributed by atoms with E-state index in [1.54, 1.807) is 34.9 Å². The van der Waals surface area contributed by atoms with Crippen LogP contribution in [-0.4, -0.2) is 35.5 Å². The zero-order chi connectivity index (χ0) is 25.1. The molecule has 0 aliphatic rings. The summed E-state index contributed by atoms with van der Waals surface area (Å²) in [5.74, 6) is -0.0768. The lowest BCUT2D eigenvalue weighted by atomic mass is 10.0. The zero-order valence-corrected chi connectivity index (χ0v) is 20.1. The molecule has 8 nitrogen and oxygen atoms in total. The number of aryl methyl sites for hydroxylation is 1. The fourth-order valence-electron chi connectivity index (χ4n) is 3.76. The minimum absolute atomic E-state index is 0.0350. The highest BCUT2D eigenvalue weighted by molar-refractivity contribution is 6.32. The summed E-state index contributed by atoms with van der Waals surface area (Å²) in [5.41, 5.74) is 1.65. The number of hydrogen-bond acceptors (Lipinski definition) is 6. The van der Waals surface area contributed by atoms with Crippen molar-refractivity contribution in [3.8, 4) is 11.5 Å². The molecule has 178 valence electrons. The van der Waals surface area contributed by atoms with Crippen molar-refractivity contribution in [2.24, 2.45) is 0 Å². The van der Waals surface area contributed by atoms with Gasteiger partial charge in [0.05, 0.1) is 36.0 Å². The maximum atomic E-state index is 13.2. The monoisotopic (exact) mass is 491 g/mol. The molecule has 0 unspecified atom stereocenters. The highest BCUT2D eigenvalue weighted by Gasteiger charge is 2.19. The molecule has 4 rings (SSSR count). The largest absolute Gasteiger partial charge is 0.495 e. The van der Waals surface area contributed by atoms with Crippen LogP contribution >= 0.6 is 11.6 Å². The molecule has 0 bridgehead atoms. The first-order valence-electron chi connectivity index (χ1n) is 10.6. The molecule has 0 atom stereocenters. The predicted octanol–water partition coefficient (Wildman–Crippen LogP) is 4.25. The SMILES string of the molecule is COc1cc(OC)c(NC(=O)Cn2cc(C(=O)c3ccncc3)c(=O)c3cc(C)ccc32)cc1Cl. The Bertz CT molecular complexity index is 1500. The first-order valence-corrected chi connectivity index (χ1v) is 11.0. The summed E-state index contributed by atoms with van der Waals surface area (Å²) in [6.45, 7) is 1.69. The molecule has 0 aliphatic carbocycles. The van der Waals surface area contributed by atoms with E-state index < -0.39 is 17.1 Å². The summed E-state index contributed by atoms with van der Waals surface area (Å²) in [5, 5.41) is 3.43. The molecule has 0 aliphatic heterocycles. The molecule has 0 saturated heterocycles. The quantitative estimate of drug-likeness (QED) is 0.388. The summed E-state index contributed by atoms with van der Waals surface area (Å²) in [6, 6.07) is 11.5. The van der Waals surface area contributed by atoms with Crippen LogP contribution in [0.3, 0.4) is 0 Å². The molecule has 35 heavy (non-hydrogen) atoms. The number of nitrogens with zero attached hydrogens (tertiary/aromatic N) is 2. The summed E-state index contributed by atoms with van der Waals surface area (Å²) in [7, 11) is 2.94. The molecule has 1 amide bonds. The van der Waals surface area contributed by atoms with Crippen LogP contribution in [0.4, 0.5) is 5.69 Å². The number of anilines is 1. The van der Waals surface area contributed by atoms with Crippen molar-refractivity contribution < 1.29 is 19.1 Å². The van der Waals surface area contributed by atoms with E-state index in [0.717, 1.165) is 5.56 Å². The molecule has 0 fully saturated rings. The van der Waals surface area contributed by atoms with E-state index >= 15 is 0 Å². The summed E-state index contributed by atoms with van der Waals surface area (Å²) >= 11 is 6.21. The topological polar surface area (TPSA) is 99.5 Å². The van der Waals surface area contributed by atoms with Crippen LogP contribution in [0.15, 0.2) is 65.8 Å². The minimum Gasteiger partial charge on any atom is -0.495 e. The van der Waals surface area contributed by atoms with E-state index in [1.807, 2.05) is 13.0 Å². The zero-order valence-electron chi connectivity index (χ0n) is 19.3. The molecule has 9 heteroatoms. The first kappa shape index (κ1) is 24.0. The van der Waals surface area contributed by atoms with Crippen molar-refractivity contribution in [1.29, 1.82) is 0 Å². The molecular weight excluding hydrogens is 470 g/mol. The number of carbonyl (C=O) groups excluding carboxylic acids is 2. The maximum absolute atomic E-state index is 13.2. The standard InChI is InChI=1S/C26H22ClN3O5/c1-15-4-5-21-17(10-15)26(33)18(25(32)16-6-8-28-9-7-16)13-30(21)14-24(31)29-20-11-19(27)22(34-2)12-23(20)35-3/h4-13H,14H2,1-3H3,(H,29,31). The Kier molecular flexibility index (Phi) is 6.84. The fourth-order valence-corrected chi connectivity index (χ4v) is 4.01. The molecule has 4 aromatic rings. The van der Waals surface area contributed by atoms with Gasteiger partial charge in [-0.25, -0.2) is 0 Å². The second-order valence-corrected chi connectivity index (χ2v) is 8.23. The first-order chi connectivity index (χ1) is 16.8. The van der Waals surface area contributed by atoms with Crippen molar-refractivity contribution in [3.05, 3.63) is 93.0 Å². The van der Waals surface area contributed by atoms with E-state index in [9.17, 15) is 14.4 Å². The van der Waals surface area contributed by atoms with Gasteiger partial charge in [-0.05, 0) is 37.3 Å². The van der Waals surface area contributed by atoms with Crippen molar-refractivity contribution in [3.63, 3.8) is 0 Å². The lowest BCUT2D eigenvalue weighted by Gasteiger charge is -2.16. The number of carbonyl (C=O) groups is 2. The highest BCUT2D eigenvalue weighted by Crippen LogP contribution is 2.35. The molecule has 2 aromatic heterocycles. The molecule has 0 spiro atoms. The summed E-state index contributed by atoms with van der Waals surface area (Å²) in [4.78, 5) is 43.3. The number of nitrogens with one attached hydrogen (secondary N) is 1. The van der Waals surface area contributed by atoms with Gasteiger partial charge in [-0.3, -0.25) is 19.4 Å². The third kappa shape index (κ3) is 4.88. The van der Waals surface area contributed by atoms with E-state index in [1.165, 1.54) is 38.9 Å². The Hall–Kier alpha value is -4.17. The second-order valence-electron chi connectivity index (χ2n) is 7.82. The molecule has 1 N–H and O–H groups in total. The number of aromatic nitrogens is 2. The molecular formula is C26H22ClN3O5. The second kappa shape index (κ2) is 9.99. The van der Waals surface area contributed by atoms with Gasteiger partial charge in [0.1, 0.15) is 18.0 Å². The number of fused-ring (bicyclic) bond motifs is 1. The van der Waals surface area contributed by atoms with Crippen LogP contribution in [0.1, 0.15) is 21.5 Å². The molecule has 2 heterocycles. The van der Waals surface area contributed by atoms with E-state index in [4.69, 9.17) is 21.1 Å². The van der Waals surface area contributed by atoms with Gasteiger partial charge in [0, 0.05) is 35.6 Å². The summed E-state index contributed by atoms with van der Waals surface area (Å²) in [6.07, 6.45) is 4.39. The third-order valence-corrected chi connectivity index (χ3v) is 5.78. The lowest BCUT2D eigenvalue weighted by Crippen LogP contribution is -2.24. The Morgan fingerprint density at radius 1 is 1.03 bits per heavy atom. The van der Waals surface area contributed by atoms with Gasteiger partial charge in [-0.2, -0.15) is 0 Å². The number of benzene rings is 2. The Labute approximate surface area is 206 Å². The Morgan fingerprint density at radius 3 is 2.43 bits per heavy atom. The van der Waals surface area contributed by atoms with Gasteiger partial charge in [-0.15, -0.1) is 0 Å². The van der Waals surface area contributed by atoms with Crippen molar-refractivity contribution in [1.82, 2.24) is 9.55 Å². The Balaban J connectivity index is 1.74. The van der Waals surface area contributed by atoms with Gasteiger partial charge >= 0.3 is 0 Å². The van der Waals surface area contributed by atoms with Crippen molar-refractivity contribution >= 4 is 39.9 Å². The fraction of sp³-hybridized carbons (Fsp3) is 0.154. The van der Waals surface area contributed by atoms with Crippen LogP contribution in [0.5, 0.6) is 11.5 Å². The Morgan fingerprint density at radius 2 is 1.74 bits per heavy atom. The predicted molar refractivity (Wildman–Crippen MR) is 134 cm³/mol. The highest BCUT2D eigenvalue weighted by atomic mass is 35.5. The normalized spacial score (nSPS) is 10.7. The van der Waals surface area contributed by atoms with Crippen LogP contribution in [-0.2, 0) is 11.3 Å². The van der Waals surface area contributed by atoms with Crippen LogP contribution < -0.4 is 20.2 Å². The van der Waals surface area contributed by atoms with E-state index in [0.29, 0.717) is 38.7 Å². The number of hydrogen-bond donors (Lipinski definition) is 1. The van der Waals surface area contributed by atoms with E-state index in [2.05, 4.69) is 10.3 Å². The third-order valence-electron chi connectivity index (χ3n) is 5.48. The van der Waals surface area contributed by atoms with Gasteiger partial charge in [-0.1, -0.05) is 23.2 Å². The molecule has 0 radical (unpaired) electrons. The van der Waals surface area contributed by atoms with Crippen LogP contribution in [0, 0.1) is 6.92 Å². The van der Waals surface area contributed by atoms with Gasteiger partial charge in [0.15, 0.2) is 5.78 Å². The molecule has 2 aromatic carbocycles. The number of methoxy groups -OCH3 is 2. The van der Waals surface area contributed by atoms with E-state index in [-0.39, 0.29) is 12.1 Å². The lowest BCUT2D eigenvalue weighted by molar-refractivity contribution is -0.116. The van der Waals surface area contributed by atoms with Gasteiger partial charge in [0.2, 0.25) is 11.3 Å². The number of ketones is 1. The van der Waals surface area contributed by atoms with Gasteiger partial charge < -0.3 is 19.4 Å². The number of amides is 1. The minimum atomic E-state index is -0.446. The number of halogens is 1. The molecule has 0 saturated carbocycles. The average Bonchev–Trinajstić information content (AvgIpc) is 2.86. The van der Waals surface area contributed by atoms with Crippen LogP contribution in [0.2, 0.25) is 5.02 Å². The van der Waals surface area contributed by atoms with Crippen LogP contribution in [0.25, 0.3) is 10.9 Å². The van der Waals surface area contributed by atoms with Crippen molar-refractivity contribution in [2.75, 3.05) is 19.5 Å².